The Hall–Kier alpha value is -2.56. The van der Waals surface area contributed by atoms with Gasteiger partial charge < -0.3 is 10.2 Å². The quantitative estimate of drug-likeness (QED) is 0.211. The van der Waals surface area contributed by atoms with Gasteiger partial charge >= 0.3 is 0 Å². The van der Waals surface area contributed by atoms with E-state index in [1.807, 2.05) is 24.4 Å². The number of nitrogens with one attached hydrogen (secondary N) is 1. The van der Waals surface area contributed by atoms with E-state index in [9.17, 15) is 0 Å². The van der Waals surface area contributed by atoms with Crippen LogP contribution in [-0.4, -0.2) is 42.1 Å². The molecular formula is C33H43ClN4. The van der Waals surface area contributed by atoms with E-state index in [1.54, 1.807) is 0 Å². The van der Waals surface area contributed by atoms with E-state index in [1.165, 1.54) is 68.3 Å². The number of allylic oxidation sites excluding steroid dienone is 2. The van der Waals surface area contributed by atoms with Gasteiger partial charge in [-0.25, -0.2) is 4.98 Å². The molecule has 2 aliphatic heterocycles. The van der Waals surface area contributed by atoms with E-state index in [-0.39, 0.29) is 0 Å². The Balaban J connectivity index is 1.06. The van der Waals surface area contributed by atoms with Crippen LogP contribution in [0.15, 0.2) is 66.9 Å². The fourth-order valence-corrected chi connectivity index (χ4v) is 6.08. The molecule has 2 saturated heterocycles. The van der Waals surface area contributed by atoms with E-state index in [4.69, 9.17) is 11.6 Å². The van der Waals surface area contributed by atoms with Crippen LogP contribution >= 0.6 is 11.6 Å². The minimum Gasteiger partial charge on any atom is -0.371 e. The number of hydrogen-bond acceptors (Lipinski definition) is 4. The summed E-state index contributed by atoms with van der Waals surface area (Å²) in [4.78, 5) is 9.76. The van der Waals surface area contributed by atoms with Crippen LogP contribution in [0.1, 0.15) is 63.9 Å². The van der Waals surface area contributed by atoms with Gasteiger partial charge in [0.15, 0.2) is 0 Å². The molecule has 38 heavy (non-hydrogen) atoms. The molecule has 0 spiro atoms. The highest BCUT2D eigenvalue weighted by Gasteiger charge is 2.21. The van der Waals surface area contributed by atoms with Crippen molar-refractivity contribution in [1.82, 2.24) is 9.88 Å². The molecule has 3 heterocycles. The van der Waals surface area contributed by atoms with Crippen molar-refractivity contribution in [3.63, 3.8) is 0 Å². The second-order valence-electron chi connectivity index (χ2n) is 11.1. The molecular weight excluding hydrogens is 488 g/mol. The third kappa shape index (κ3) is 7.30. The molecule has 1 aromatic heterocycles. The molecule has 0 radical (unpaired) electrons. The summed E-state index contributed by atoms with van der Waals surface area (Å²) in [5.41, 5.74) is 2.79. The molecule has 5 rings (SSSR count). The number of fused-ring (bicyclic) bond motifs is 1. The summed E-state index contributed by atoms with van der Waals surface area (Å²) in [5, 5.41) is 6.72. The largest absolute Gasteiger partial charge is 0.371 e. The summed E-state index contributed by atoms with van der Waals surface area (Å²) in [7, 11) is 0. The van der Waals surface area contributed by atoms with Gasteiger partial charge in [-0.1, -0.05) is 61.7 Å². The second kappa shape index (κ2) is 13.5. The van der Waals surface area contributed by atoms with Gasteiger partial charge in [0, 0.05) is 61.1 Å². The first-order valence-electron chi connectivity index (χ1n) is 14.7. The molecule has 0 atom stereocenters. The Labute approximate surface area is 234 Å². The van der Waals surface area contributed by atoms with Gasteiger partial charge in [-0.3, -0.25) is 4.90 Å². The van der Waals surface area contributed by atoms with Gasteiger partial charge in [0.2, 0.25) is 0 Å². The first-order valence-corrected chi connectivity index (χ1v) is 15.1. The number of rotatable bonds is 10. The number of likely N-dealkylation sites (tertiary alicyclic amines) is 1. The van der Waals surface area contributed by atoms with E-state index >= 15 is 0 Å². The highest BCUT2D eigenvalue weighted by atomic mass is 35.5. The molecule has 3 aromatic rings. The minimum absolute atomic E-state index is 0.444. The van der Waals surface area contributed by atoms with Crippen molar-refractivity contribution in [2.75, 3.05) is 36.4 Å². The van der Waals surface area contributed by atoms with Crippen LogP contribution in [0.25, 0.3) is 10.8 Å². The molecule has 202 valence electrons. The Kier molecular flexibility index (Phi) is 9.59. The normalized spacial score (nSPS) is 18.0. The van der Waals surface area contributed by atoms with E-state index in [0.717, 1.165) is 54.6 Å². The monoisotopic (exact) mass is 530 g/mol. The van der Waals surface area contributed by atoms with Gasteiger partial charge in [0.05, 0.1) is 0 Å². The van der Waals surface area contributed by atoms with Crippen molar-refractivity contribution in [2.24, 2.45) is 5.92 Å². The maximum absolute atomic E-state index is 6.25. The van der Waals surface area contributed by atoms with Crippen molar-refractivity contribution in [1.29, 1.82) is 0 Å². The van der Waals surface area contributed by atoms with Gasteiger partial charge in [0.25, 0.3) is 0 Å². The number of piperidine rings is 2. The Bertz CT molecular complexity index is 1180. The molecule has 0 bridgehead atoms. The van der Waals surface area contributed by atoms with Crippen LogP contribution in [0.4, 0.5) is 11.5 Å². The van der Waals surface area contributed by atoms with Gasteiger partial charge in [-0.2, -0.15) is 0 Å². The number of aromatic nitrogens is 1. The lowest BCUT2D eigenvalue weighted by atomic mass is 9.95. The van der Waals surface area contributed by atoms with E-state index in [0.29, 0.717) is 6.04 Å². The lowest BCUT2D eigenvalue weighted by Gasteiger charge is -2.34. The van der Waals surface area contributed by atoms with Crippen molar-refractivity contribution in [2.45, 2.75) is 70.9 Å². The topological polar surface area (TPSA) is 31.4 Å². The van der Waals surface area contributed by atoms with Crippen LogP contribution in [0, 0.1) is 5.92 Å². The molecule has 4 nitrogen and oxygen atoms in total. The first-order chi connectivity index (χ1) is 18.7. The SMILES string of the molecule is CCCCC/C=C\C1CCN(c2ccc(CN3CCC(Nc4nccc5ccc(Cl)cc45)CC3)cc2)CC1. The fraction of sp³-hybridized carbons (Fsp3) is 0.485. The lowest BCUT2D eigenvalue weighted by molar-refractivity contribution is 0.211. The number of nitrogens with zero attached hydrogens (tertiary/aromatic N) is 3. The predicted molar refractivity (Wildman–Crippen MR) is 163 cm³/mol. The smallest absolute Gasteiger partial charge is 0.134 e. The summed E-state index contributed by atoms with van der Waals surface area (Å²) in [6.07, 6.45) is 16.8. The first kappa shape index (κ1) is 27.0. The van der Waals surface area contributed by atoms with Crippen molar-refractivity contribution < 1.29 is 0 Å². The number of pyridine rings is 1. The third-order valence-electron chi connectivity index (χ3n) is 8.29. The Morgan fingerprint density at radius 2 is 1.74 bits per heavy atom. The van der Waals surface area contributed by atoms with Gasteiger partial charge in [-0.05, 0) is 85.7 Å². The van der Waals surface area contributed by atoms with Crippen LogP contribution in [0.2, 0.25) is 5.02 Å². The number of halogens is 1. The van der Waals surface area contributed by atoms with Crippen LogP contribution in [0.5, 0.6) is 0 Å². The average Bonchev–Trinajstić information content (AvgIpc) is 2.95. The summed E-state index contributed by atoms with van der Waals surface area (Å²) in [6.45, 7) is 7.84. The summed E-state index contributed by atoms with van der Waals surface area (Å²) in [6, 6.07) is 17.8. The number of unbranched alkanes of at least 4 members (excludes halogenated alkanes) is 3. The van der Waals surface area contributed by atoms with E-state index < -0.39 is 0 Å². The molecule has 0 saturated carbocycles. The number of benzene rings is 2. The Morgan fingerprint density at radius 1 is 0.947 bits per heavy atom. The highest BCUT2D eigenvalue weighted by Crippen LogP contribution is 2.28. The van der Waals surface area contributed by atoms with Crippen LogP contribution in [-0.2, 0) is 6.54 Å². The van der Waals surface area contributed by atoms with Crippen molar-refractivity contribution >= 4 is 33.9 Å². The molecule has 0 unspecified atom stereocenters. The zero-order chi connectivity index (χ0) is 26.2. The maximum Gasteiger partial charge on any atom is 0.134 e. The van der Waals surface area contributed by atoms with Gasteiger partial charge in [0.1, 0.15) is 5.82 Å². The fourth-order valence-electron chi connectivity index (χ4n) is 5.91. The summed E-state index contributed by atoms with van der Waals surface area (Å²) >= 11 is 6.25. The highest BCUT2D eigenvalue weighted by molar-refractivity contribution is 6.31. The number of hydrogen-bond donors (Lipinski definition) is 1. The molecule has 2 fully saturated rings. The molecule has 0 amide bonds. The van der Waals surface area contributed by atoms with Gasteiger partial charge in [-0.15, -0.1) is 0 Å². The average molecular weight is 531 g/mol. The zero-order valence-corrected chi connectivity index (χ0v) is 23.7. The Morgan fingerprint density at radius 3 is 2.50 bits per heavy atom. The van der Waals surface area contributed by atoms with Crippen LogP contribution < -0.4 is 10.2 Å². The predicted octanol–water partition coefficient (Wildman–Crippen LogP) is 8.32. The minimum atomic E-state index is 0.444. The maximum atomic E-state index is 6.25. The summed E-state index contributed by atoms with van der Waals surface area (Å²) < 4.78 is 0. The van der Waals surface area contributed by atoms with E-state index in [2.05, 4.69) is 69.5 Å². The number of anilines is 2. The molecule has 1 N–H and O–H groups in total. The van der Waals surface area contributed by atoms with Crippen molar-refractivity contribution in [3.05, 3.63) is 77.5 Å². The second-order valence-corrected chi connectivity index (χ2v) is 11.6. The zero-order valence-electron chi connectivity index (χ0n) is 22.9. The molecule has 0 aliphatic carbocycles. The molecule has 2 aromatic carbocycles. The molecule has 5 heteroatoms. The van der Waals surface area contributed by atoms with Crippen molar-refractivity contribution in [3.8, 4) is 0 Å². The standard InChI is InChI=1S/C33H43ClN4/c1-2-3-4-5-6-7-26-15-22-38(23-16-26)31-12-8-27(9-13-31)25-37-20-17-30(18-21-37)36-33-32-24-29(34)11-10-28(32)14-19-35-33/h6-14,19,24,26,30H,2-5,15-18,20-23,25H2,1H3,(H,35,36)/b7-6-. The van der Waals surface area contributed by atoms with Crippen LogP contribution in [0.3, 0.4) is 0 Å². The third-order valence-corrected chi connectivity index (χ3v) is 8.52. The molecule has 2 aliphatic rings. The lowest BCUT2D eigenvalue weighted by Crippen LogP contribution is -2.38. The summed E-state index contributed by atoms with van der Waals surface area (Å²) in [5.74, 6) is 1.71.